The van der Waals surface area contributed by atoms with Crippen molar-refractivity contribution < 1.29 is 4.74 Å². The highest BCUT2D eigenvalue weighted by Gasteiger charge is 2.30. The lowest BCUT2D eigenvalue weighted by Gasteiger charge is -2.40. The molecule has 3 heteroatoms. The van der Waals surface area contributed by atoms with E-state index >= 15 is 0 Å². The summed E-state index contributed by atoms with van der Waals surface area (Å²) in [5.41, 5.74) is 0. The van der Waals surface area contributed by atoms with Gasteiger partial charge in [0.1, 0.15) is 0 Å². The lowest BCUT2D eigenvalue weighted by molar-refractivity contribution is -0.0157. The molecule has 2 aliphatic rings. The predicted molar refractivity (Wildman–Crippen MR) is 62.1 cm³/mol. The number of hydrogen-bond acceptors (Lipinski definition) is 3. The van der Waals surface area contributed by atoms with Crippen molar-refractivity contribution in [2.24, 2.45) is 5.92 Å². The molecular weight excluding hydrogens is 188 g/mol. The van der Waals surface area contributed by atoms with Crippen LogP contribution in [0.25, 0.3) is 0 Å². The van der Waals surface area contributed by atoms with Gasteiger partial charge in [0.05, 0.1) is 6.10 Å². The summed E-state index contributed by atoms with van der Waals surface area (Å²) in [6.07, 6.45) is 3.13. The Hall–Kier alpha value is -0.120. The molecule has 0 radical (unpaired) electrons. The van der Waals surface area contributed by atoms with E-state index in [1.54, 1.807) is 0 Å². The molecule has 1 saturated carbocycles. The van der Waals surface area contributed by atoms with Crippen LogP contribution in [0.2, 0.25) is 0 Å². The van der Waals surface area contributed by atoms with Crippen LogP contribution >= 0.6 is 0 Å². The Kier molecular flexibility index (Phi) is 4.00. The van der Waals surface area contributed by atoms with Crippen LogP contribution in [0.15, 0.2) is 0 Å². The number of piperazine rings is 1. The maximum Gasteiger partial charge on any atom is 0.0577 e. The van der Waals surface area contributed by atoms with Gasteiger partial charge >= 0.3 is 0 Å². The minimum atomic E-state index is 0.562. The molecule has 0 atom stereocenters. The highest BCUT2D eigenvalue weighted by atomic mass is 16.5. The van der Waals surface area contributed by atoms with E-state index in [4.69, 9.17) is 4.74 Å². The van der Waals surface area contributed by atoms with Gasteiger partial charge in [0, 0.05) is 39.8 Å². The van der Waals surface area contributed by atoms with Crippen LogP contribution in [0.1, 0.15) is 19.8 Å². The largest absolute Gasteiger partial charge is 0.381 e. The van der Waals surface area contributed by atoms with Gasteiger partial charge in [-0.25, -0.2) is 0 Å². The van der Waals surface area contributed by atoms with Crippen molar-refractivity contribution in [1.29, 1.82) is 0 Å². The first-order valence-electron chi connectivity index (χ1n) is 6.29. The van der Waals surface area contributed by atoms with Crippen LogP contribution < -0.4 is 0 Å². The summed E-state index contributed by atoms with van der Waals surface area (Å²) in [5, 5.41) is 0. The van der Waals surface area contributed by atoms with Crippen molar-refractivity contribution in [1.82, 2.24) is 9.80 Å². The normalized spacial score (nSPS) is 34.0. The molecule has 1 aliphatic carbocycles. The molecule has 2 rings (SSSR count). The minimum absolute atomic E-state index is 0.562. The van der Waals surface area contributed by atoms with Crippen molar-refractivity contribution in [3.8, 4) is 0 Å². The molecule has 0 amide bonds. The van der Waals surface area contributed by atoms with Crippen molar-refractivity contribution in [2.45, 2.75) is 25.9 Å². The average Bonchev–Trinajstić information content (AvgIpc) is 2.23. The third kappa shape index (κ3) is 2.92. The van der Waals surface area contributed by atoms with Crippen LogP contribution in [-0.2, 0) is 4.74 Å². The van der Waals surface area contributed by atoms with Gasteiger partial charge in [-0.05, 0) is 25.3 Å². The Bertz CT molecular complexity index is 184. The third-order valence-electron chi connectivity index (χ3n) is 3.95. The van der Waals surface area contributed by atoms with Crippen LogP contribution in [-0.4, -0.2) is 62.3 Å². The monoisotopic (exact) mass is 212 g/mol. The first-order chi connectivity index (χ1) is 7.31. The van der Waals surface area contributed by atoms with Gasteiger partial charge < -0.3 is 14.5 Å². The maximum absolute atomic E-state index is 5.31. The van der Waals surface area contributed by atoms with Gasteiger partial charge in [-0.15, -0.1) is 0 Å². The number of methoxy groups -OCH3 is 1. The highest BCUT2D eigenvalue weighted by molar-refractivity contribution is 4.83. The molecule has 1 saturated heterocycles. The summed E-state index contributed by atoms with van der Waals surface area (Å²) in [7, 11) is 1.83. The van der Waals surface area contributed by atoms with E-state index < -0.39 is 0 Å². The fourth-order valence-corrected chi connectivity index (χ4v) is 2.67. The van der Waals surface area contributed by atoms with Gasteiger partial charge in [-0.3, -0.25) is 0 Å². The zero-order valence-electron chi connectivity index (χ0n) is 10.1. The van der Waals surface area contributed by atoms with E-state index in [2.05, 4.69) is 16.7 Å². The van der Waals surface area contributed by atoms with Crippen molar-refractivity contribution in [3.05, 3.63) is 0 Å². The van der Waals surface area contributed by atoms with E-state index in [1.165, 1.54) is 52.1 Å². The molecule has 1 heterocycles. The van der Waals surface area contributed by atoms with Gasteiger partial charge in [0.15, 0.2) is 0 Å². The summed E-state index contributed by atoms with van der Waals surface area (Å²) < 4.78 is 5.31. The lowest BCUT2D eigenvalue weighted by Crippen LogP contribution is -2.49. The van der Waals surface area contributed by atoms with Crippen molar-refractivity contribution in [3.63, 3.8) is 0 Å². The van der Waals surface area contributed by atoms with Crippen LogP contribution in [0, 0.1) is 5.92 Å². The summed E-state index contributed by atoms with van der Waals surface area (Å²) >= 11 is 0. The smallest absolute Gasteiger partial charge is 0.0577 e. The molecule has 0 aromatic rings. The Balaban J connectivity index is 1.61. The van der Waals surface area contributed by atoms with Gasteiger partial charge in [-0.2, -0.15) is 0 Å². The number of rotatable bonds is 4. The first-order valence-corrected chi connectivity index (χ1v) is 6.29. The Labute approximate surface area is 93.4 Å². The molecule has 0 aromatic carbocycles. The van der Waals surface area contributed by atoms with Crippen LogP contribution in [0.5, 0.6) is 0 Å². The molecule has 0 unspecified atom stereocenters. The molecule has 2 fully saturated rings. The standard InChI is InChI=1S/C12H24N2O/c1-3-13-4-6-14(7-5-13)10-11-8-12(9-11)15-2/h11-12H,3-10H2,1-2H3. The summed E-state index contributed by atoms with van der Waals surface area (Å²) in [4.78, 5) is 5.16. The number of nitrogens with zero attached hydrogens (tertiary/aromatic N) is 2. The maximum atomic E-state index is 5.31. The predicted octanol–water partition coefficient (Wildman–Crippen LogP) is 1.05. The molecule has 3 nitrogen and oxygen atoms in total. The van der Waals surface area contributed by atoms with E-state index in [0.717, 1.165) is 5.92 Å². The van der Waals surface area contributed by atoms with E-state index in [9.17, 15) is 0 Å². The second-order valence-electron chi connectivity index (χ2n) is 4.93. The molecule has 15 heavy (non-hydrogen) atoms. The highest BCUT2D eigenvalue weighted by Crippen LogP contribution is 2.30. The van der Waals surface area contributed by atoms with Gasteiger partial charge in [0.25, 0.3) is 0 Å². The summed E-state index contributed by atoms with van der Waals surface area (Å²) in [6, 6.07) is 0. The van der Waals surface area contributed by atoms with Crippen molar-refractivity contribution in [2.75, 3.05) is 46.4 Å². The van der Waals surface area contributed by atoms with Crippen molar-refractivity contribution >= 4 is 0 Å². The SMILES string of the molecule is CCN1CCN(CC2CC(OC)C2)CC1. The third-order valence-corrected chi connectivity index (χ3v) is 3.95. The van der Waals surface area contributed by atoms with E-state index in [1.807, 2.05) is 7.11 Å². The summed E-state index contributed by atoms with van der Waals surface area (Å²) in [5.74, 6) is 0.906. The Morgan fingerprint density at radius 1 is 1.07 bits per heavy atom. The topological polar surface area (TPSA) is 15.7 Å². The second kappa shape index (κ2) is 5.28. The number of likely N-dealkylation sites (N-methyl/N-ethyl adjacent to an activating group) is 1. The van der Waals surface area contributed by atoms with E-state index in [-0.39, 0.29) is 0 Å². The molecule has 1 aliphatic heterocycles. The molecule has 0 N–H and O–H groups in total. The number of ether oxygens (including phenoxy) is 1. The fraction of sp³-hybridized carbons (Fsp3) is 1.00. The molecule has 0 spiro atoms. The Morgan fingerprint density at radius 3 is 2.20 bits per heavy atom. The average molecular weight is 212 g/mol. The molecule has 0 bridgehead atoms. The van der Waals surface area contributed by atoms with Crippen LogP contribution in [0.3, 0.4) is 0 Å². The van der Waals surface area contributed by atoms with Gasteiger partial charge in [0.2, 0.25) is 0 Å². The first kappa shape index (κ1) is 11.4. The minimum Gasteiger partial charge on any atom is -0.381 e. The molecular formula is C12H24N2O. The second-order valence-corrected chi connectivity index (χ2v) is 4.93. The molecule has 0 aromatic heterocycles. The zero-order valence-corrected chi connectivity index (χ0v) is 10.1. The van der Waals surface area contributed by atoms with E-state index in [0.29, 0.717) is 6.10 Å². The number of hydrogen-bond donors (Lipinski definition) is 0. The molecule has 88 valence electrons. The lowest BCUT2D eigenvalue weighted by atomic mass is 9.82. The Morgan fingerprint density at radius 2 is 1.67 bits per heavy atom. The summed E-state index contributed by atoms with van der Waals surface area (Å²) in [6.45, 7) is 9.82. The van der Waals surface area contributed by atoms with Gasteiger partial charge in [-0.1, -0.05) is 6.92 Å². The quantitative estimate of drug-likeness (QED) is 0.693. The fourth-order valence-electron chi connectivity index (χ4n) is 2.67. The van der Waals surface area contributed by atoms with Crippen LogP contribution in [0.4, 0.5) is 0 Å². The zero-order chi connectivity index (χ0) is 10.7.